The Morgan fingerprint density at radius 2 is 1.43 bits per heavy atom. The van der Waals surface area contributed by atoms with Crippen LogP contribution in [-0.4, -0.2) is 50.1 Å². The molecule has 14 heteroatoms. The van der Waals surface area contributed by atoms with E-state index in [1.165, 1.54) is 12.1 Å². The van der Waals surface area contributed by atoms with Crippen LogP contribution in [0.2, 0.25) is 0 Å². The molecule has 0 atom stereocenters. The fraction of sp³-hybridized carbons (Fsp3) is 0.242. The van der Waals surface area contributed by atoms with Crippen molar-refractivity contribution in [1.82, 2.24) is 10.3 Å². The van der Waals surface area contributed by atoms with Gasteiger partial charge in [-0.1, -0.05) is 18.2 Å². The smallest absolute Gasteiger partial charge is 0.416 e. The minimum absolute atomic E-state index is 0.00362. The zero-order chi connectivity index (χ0) is 33.8. The van der Waals surface area contributed by atoms with Gasteiger partial charge in [-0.2, -0.15) is 26.3 Å². The Hall–Kier alpha value is -5.27. The summed E-state index contributed by atoms with van der Waals surface area (Å²) < 4.78 is 85.8. The van der Waals surface area contributed by atoms with Crippen molar-refractivity contribution < 1.29 is 40.7 Å². The van der Waals surface area contributed by atoms with Crippen LogP contribution in [0.25, 0.3) is 0 Å². The monoisotopic (exact) mass is 657 g/mol. The van der Waals surface area contributed by atoms with Crippen molar-refractivity contribution in [2.45, 2.75) is 18.9 Å². The highest BCUT2D eigenvalue weighted by Crippen LogP contribution is 2.37. The van der Waals surface area contributed by atoms with Gasteiger partial charge in [0.1, 0.15) is 5.75 Å². The van der Waals surface area contributed by atoms with Gasteiger partial charge in [0.25, 0.3) is 11.8 Å². The lowest BCUT2D eigenvalue weighted by molar-refractivity contribution is -0.143. The van der Waals surface area contributed by atoms with Crippen LogP contribution in [0.1, 0.15) is 37.4 Å². The van der Waals surface area contributed by atoms with E-state index in [2.05, 4.69) is 20.5 Å². The van der Waals surface area contributed by atoms with E-state index in [-0.39, 0.29) is 23.9 Å². The molecule has 0 radical (unpaired) electrons. The Labute approximate surface area is 266 Å². The van der Waals surface area contributed by atoms with Gasteiger partial charge in [-0.25, -0.2) is 0 Å². The maximum Gasteiger partial charge on any atom is 0.416 e. The van der Waals surface area contributed by atoms with Crippen LogP contribution in [0.4, 0.5) is 43.4 Å². The highest BCUT2D eigenvalue weighted by atomic mass is 19.4. The van der Waals surface area contributed by atoms with Gasteiger partial charge < -0.3 is 25.2 Å². The lowest BCUT2D eigenvalue weighted by atomic mass is 10.0. The first-order valence-electron chi connectivity index (χ1n) is 14.4. The molecule has 0 spiro atoms. The van der Waals surface area contributed by atoms with E-state index in [0.29, 0.717) is 44.0 Å². The summed E-state index contributed by atoms with van der Waals surface area (Å²) in [6, 6.07) is 16.1. The number of rotatable bonds is 8. The minimum Gasteiger partial charge on any atom is -0.495 e. The number of halogens is 6. The molecule has 1 fully saturated rings. The van der Waals surface area contributed by atoms with Gasteiger partial charge in [0.05, 0.1) is 29.5 Å². The fourth-order valence-electron chi connectivity index (χ4n) is 5.22. The first kappa shape index (κ1) is 33.1. The van der Waals surface area contributed by atoms with Crippen molar-refractivity contribution in [3.63, 3.8) is 0 Å². The number of ether oxygens (including phenoxy) is 1. The van der Waals surface area contributed by atoms with Crippen molar-refractivity contribution in [3.05, 3.63) is 113 Å². The molecule has 3 aromatic carbocycles. The molecule has 1 aromatic heterocycles. The molecule has 0 bridgehead atoms. The van der Waals surface area contributed by atoms with E-state index in [9.17, 15) is 35.9 Å². The number of amides is 2. The SMILES string of the molecule is COc1ccccc1N1CCN(c2ccc(NC(=O)c3cc(C(F)(F)F)cc(C(F)(F)F)c3)cc2C(=O)NCc2cccnc2)CC1. The van der Waals surface area contributed by atoms with Gasteiger partial charge in [-0.05, 0) is 60.2 Å². The van der Waals surface area contributed by atoms with Crippen LogP contribution in [0.3, 0.4) is 0 Å². The van der Waals surface area contributed by atoms with Crippen molar-refractivity contribution in [2.24, 2.45) is 0 Å². The van der Waals surface area contributed by atoms with Crippen LogP contribution in [0.15, 0.2) is 85.2 Å². The number of para-hydroxylation sites is 2. The molecular formula is C33H29F6N5O3. The molecule has 1 saturated heterocycles. The largest absolute Gasteiger partial charge is 0.495 e. The van der Waals surface area contributed by atoms with Crippen LogP contribution >= 0.6 is 0 Å². The van der Waals surface area contributed by atoms with Crippen molar-refractivity contribution >= 4 is 28.9 Å². The summed E-state index contributed by atoms with van der Waals surface area (Å²) in [4.78, 5) is 34.7. The number of methoxy groups -OCH3 is 1. The second-order valence-corrected chi connectivity index (χ2v) is 10.7. The van der Waals surface area contributed by atoms with Gasteiger partial charge in [0.2, 0.25) is 0 Å². The zero-order valence-corrected chi connectivity index (χ0v) is 25.0. The molecule has 0 aliphatic carbocycles. The molecule has 4 aromatic rings. The van der Waals surface area contributed by atoms with Gasteiger partial charge in [-0.15, -0.1) is 0 Å². The number of nitrogens with zero attached hydrogens (tertiary/aromatic N) is 3. The van der Waals surface area contributed by atoms with E-state index in [1.807, 2.05) is 29.2 Å². The van der Waals surface area contributed by atoms with E-state index in [4.69, 9.17) is 4.74 Å². The summed E-state index contributed by atoms with van der Waals surface area (Å²) in [5.74, 6) is -0.994. The Morgan fingerprint density at radius 3 is 2.02 bits per heavy atom. The second-order valence-electron chi connectivity index (χ2n) is 10.7. The van der Waals surface area contributed by atoms with E-state index >= 15 is 0 Å². The third-order valence-corrected chi connectivity index (χ3v) is 7.57. The average molecular weight is 658 g/mol. The van der Waals surface area contributed by atoms with Gasteiger partial charge in [0, 0.05) is 62.1 Å². The molecule has 2 amide bonds. The summed E-state index contributed by atoms with van der Waals surface area (Å²) >= 11 is 0. The lowest BCUT2D eigenvalue weighted by Gasteiger charge is -2.38. The van der Waals surface area contributed by atoms with E-state index in [0.717, 1.165) is 17.0 Å². The lowest BCUT2D eigenvalue weighted by Crippen LogP contribution is -2.47. The quantitative estimate of drug-likeness (QED) is 0.207. The molecule has 0 unspecified atom stereocenters. The zero-order valence-electron chi connectivity index (χ0n) is 25.0. The molecule has 1 aliphatic heterocycles. The molecule has 0 saturated carbocycles. The summed E-state index contributed by atoms with van der Waals surface area (Å²) in [6.07, 6.45) is -7.07. The Morgan fingerprint density at radius 1 is 0.787 bits per heavy atom. The van der Waals surface area contributed by atoms with Gasteiger partial charge >= 0.3 is 12.4 Å². The standard InChI is InChI=1S/C33H29F6N5O3/c1-47-29-7-3-2-6-28(29)44-13-11-43(12-14-44)27-9-8-25(18-26(27)31(46)41-20-21-5-4-10-40-19-21)42-30(45)22-15-23(32(34,35)36)17-24(16-22)33(37,38)39/h2-10,15-19H,11-14,20H2,1H3,(H,41,46)(H,42,45). The van der Waals surface area contributed by atoms with E-state index < -0.39 is 40.9 Å². The second kappa shape index (κ2) is 13.6. The number of alkyl halides is 6. The number of carbonyl (C=O) groups is 2. The highest BCUT2D eigenvalue weighted by Gasteiger charge is 2.37. The first-order valence-corrected chi connectivity index (χ1v) is 14.4. The maximum absolute atomic E-state index is 13.5. The number of aromatic nitrogens is 1. The topological polar surface area (TPSA) is 86.8 Å². The maximum atomic E-state index is 13.5. The van der Waals surface area contributed by atoms with Crippen LogP contribution in [0.5, 0.6) is 5.75 Å². The Bertz CT molecular complexity index is 1710. The number of hydrogen-bond donors (Lipinski definition) is 2. The Kier molecular flexibility index (Phi) is 9.59. The molecule has 5 rings (SSSR count). The highest BCUT2D eigenvalue weighted by molar-refractivity contribution is 6.06. The Balaban J connectivity index is 1.42. The third-order valence-electron chi connectivity index (χ3n) is 7.57. The van der Waals surface area contributed by atoms with Crippen LogP contribution < -0.4 is 25.2 Å². The van der Waals surface area contributed by atoms with Gasteiger partial charge in [-0.3, -0.25) is 14.6 Å². The molecule has 2 N–H and O–H groups in total. The summed E-state index contributed by atoms with van der Waals surface area (Å²) in [6.45, 7) is 2.34. The number of hydrogen-bond acceptors (Lipinski definition) is 6. The van der Waals surface area contributed by atoms with Crippen LogP contribution in [0, 0.1) is 0 Å². The summed E-state index contributed by atoms with van der Waals surface area (Å²) in [5, 5.41) is 5.16. The predicted molar refractivity (Wildman–Crippen MR) is 164 cm³/mol. The minimum atomic E-state index is -5.12. The molecular weight excluding hydrogens is 628 g/mol. The molecule has 8 nitrogen and oxygen atoms in total. The van der Waals surface area contributed by atoms with E-state index in [1.54, 1.807) is 37.7 Å². The molecule has 1 aliphatic rings. The van der Waals surface area contributed by atoms with Crippen LogP contribution in [-0.2, 0) is 18.9 Å². The fourth-order valence-corrected chi connectivity index (χ4v) is 5.22. The van der Waals surface area contributed by atoms with Crippen molar-refractivity contribution in [3.8, 4) is 5.75 Å². The molecule has 2 heterocycles. The van der Waals surface area contributed by atoms with Crippen molar-refractivity contribution in [1.29, 1.82) is 0 Å². The normalized spacial score (nSPS) is 13.7. The molecule has 47 heavy (non-hydrogen) atoms. The number of piperazine rings is 1. The summed E-state index contributed by atoms with van der Waals surface area (Å²) in [5.41, 5.74) is -1.74. The summed E-state index contributed by atoms with van der Waals surface area (Å²) in [7, 11) is 1.59. The number of carbonyl (C=O) groups excluding carboxylic acids is 2. The third kappa shape index (κ3) is 7.94. The van der Waals surface area contributed by atoms with Crippen molar-refractivity contribution in [2.75, 3.05) is 48.4 Å². The first-order chi connectivity index (χ1) is 22.3. The molecule has 246 valence electrons. The number of anilines is 3. The van der Waals surface area contributed by atoms with Gasteiger partial charge in [0.15, 0.2) is 0 Å². The number of nitrogens with one attached hydrogen (secondary N) is 2. The number of benzene rings is 3. The predicted octanol–water partition coefficient (Wildman–Crippen LogP) is 6.64. The number of pyridine rings is 1. The average Bonchev–Trinajstić information content (AvgIpc) is 3.06.